The zero-order valence-electron chi connectivity index (χ0n) is 16.0. The Morgan fingerprint density at radius 3 is 2.37 bits per heavy atom. The molecule has 4 heteroatoms. The number of hydrogen-bond donors (Lipinski definition) is 1. The van der Waals surface area contributed by atoms with Gasteiger partial charge >= 0.3 is 0 Å². The summed E-state index contributed by atoms with van der Waals surface area (Å²) in [5, 5.41) is 13.3. The third-order valence-electron chi connectivity index (χ3n) is 5.36. The number of halogens is 2. The van der Waals surface area contributed by atoms with Crippen molar-refractivity contribution in [3.05, 3.63) is 75.3 Å². The van der Waals surface area contributed by atoms with Gasteiger partial charge in [0.05, 0.1) is 0 Å². The van der Waals surface area contributed by atoms with Gasteiger partial charge in [-0.25, -0.2) is 0 Å². The van der Waals surface area contributed by atoms with Crippen LogP contribution in [0.25, 0.3) is 6.08 Å². The zero-order chi connectivity index (χ0) is 19.4. The molecule has 2 nitrogen and oxygen atoms in total. The monoisotopic (exact) mass is 403 g/mol. The third kappa shape index (κ3) is 4.75. The molecule has 0 spiro atoms. The normalized spacial score (nSPS) is 25.0. The smallest absolute Gasteiger partial charge is 0.115 e. The Kier molecular flexibility index (Phi) is 6.65. The second-order valence-corrected chi connectivity index (χ2v) is 8.58. The van der Waals surface area contributed by atoms with Gasteiger partial charge in [0.15, 0.2) is 0 Å². The molecule has 2 atom stereocenters. The predicted molar refractivity (Wildman–Crippen MR) is 115 cm³/mol. The number of aliphatic hydroxyl groups is 1. The third-order valence-corrected chi connectivity index (χ3v) is 5.79. The molecule has 1 N–H and O–H groups in total. The van der Waals surface area contributed by atoms with Crippen LogP contribution in [0.4, 0.5) is 0 Å². The summed E-state index contributed by atoms with van der Waals surface area (Å²) in [7, 11) is 4.10. The van der Waals surface area contributed by atoms with E-state index in [2.05, 4.69) is 37.2 Å². The molecule has 2 aromatic carbocycles. The van der Waals surface area contributed by atoms with Crippen LogP contribution in [0.1, 0.15) is 36.8 Å². The summed E-state index contributed by atoms with van der Waals surface area (Å²) in [4.78, 5) is 2.15. The van der Waals surface area contributed by atoms with Gasteiger partial charge in [0, 0.05) is 22.5 Å². The van der Waals surface area contributed by atoms with Crippen molar-refractivity contribution in [1.82, 2.24) is 4.90 Å². The van der Waals surface area contributed by atoms with Gasteiger partial charge in [0.1, 0.15) is 5.60 Å². The van der Waals surface area contributed by atoms with E-state index in [0.717, 1.165) is 48.9 Å². The number of nitrogens with zero attached hydrogens (tertiary/aromatic N) is 1. The molecule has 27 heavy (non-hydrogen) atoms. The average Bonchev–Trinajstić information content (AvgIpc) is 2.76. The maximum atomic E-state index is 12.2. The van der Waals surface area contributed by atoms with Crippen molar-refractivity contribution in [2.45, 2.75) is 31.3 Å². The fourth-order valence-corrected chi connectivity index (χ4v) is 4.69. The van der Waals surface area contributed by atoms with Crippen LogP contribution < -0.4 is 0 Å². The molecule has 1 aliphatic rings. The topological polar surface area (TPSA) is 23.5 Å². The highest BCUT2D eigenvalue weighted by Crippen LogP contribution is 2.46. The molecule has 0 heterocycles. The summed E-state index contributed by atoms with van der Waals surface area (Å²) in [5.74, 6) is 0.0690. The van der Waals surface area contributed by atoms with Gasteiger partial charge in [-0.05, 0) is 68.3 Å². The molecule has 0 aromatic heterocycles. The molecule has 0 bridgehead atoms. The first-order chi connectivity index (χ1) is 12.9. The van der Waals surface area contributed by atoms with E-state index in [4.69, 9.17) is 23.2 Å². The lowest BCUT2D eigenvalue weighted by atomic mass is 9.74. The summed E-state index contributed by atoms with van der Waals surface area (Å²) in [5.41, 5.74) is 1.84. The standard InChI is InChI=1S/C23H27Cl2NO/c1-26(2)16-19-11-7-6-10-18(12-17-8-4-3-5-9-17)23(19,27)20-13-21(24)15-22(25)14-20/h3-5,8-9,12-15,19,27H,6-7,10-11,16H2,1-2H3. The molecular formula is C23H27Cl2NO. The highest BCUT2D eigenvalue weighted by Gasteiger charge is 2.43. The summed E-state index contributed by atoms with van der Waals surface area (Å²) < 4.78 is 0. The molecule has 1 fully saturated rings. The lowest BCUT2D eigenvalue weighted by molar-refractivity contribution is 0.000497. The van der Waals surface area contributed by atoms with E-state index in [-0.39, 0.29) is 5.92 Å². The molecule has 3 rings (SSSR count). The van der Waals surface area contributed by atoms with Gasteiger partial charge < -0.3 is 10.0 Å². The zero-order valence-corrected chi connectivity index (χ0v) is 17.5. The van der Waals surface area contributed by atoms with E-state index in [0.29, 0.717) is 10.0 Å². The minimum Gasteiger partial charge on any atom is -0.380 e. The van der Waals surface area contributed by atoms with Gasteiger partial charge in [-0.1, -0.05) is 66.0 Å². The van der Waals surface area contributed by atoms with Crippen LogP contribution in [0.2, 0.25) is 10.0 Å². The molecule has 1 aliphatic carbocycles. The quantitative estimate of drug-likeness (QED) is 0.631. The van der Waals surface area contributed by atoms with E-state index in [1.165, 1.54) is 0 Å². The van der Waals surface area contributed by atoms with Crippen LogP contribution in [-0.2, 0) is 5.60 Å². The first-order valence-electron chi connectivity index (χ1n) is 9.49. The Hall–Kier alpha value is -1.32. The lowest BCUT2D eigenvalue weighted by Crippen LogP contribution is -2.41. The lowest BCUT2D eigenvalue weighted by Gasteiger charge is -2.39. The first-order valence-corrected chi connectivity index (χ1v) is 10.2. The first kappa shape index (κ1) is 20.4. The molecule has 0 aliphatic heterocycles. The largest absolute Gasteiger partial charge is 0.380 e. The van der Waals surface area contributed by atoms with Gasteiger partial charge in [0.25, 0.3) is 0 Å². The van der Waals surface area contributed by atoms with Crippen molar-refractivity contribution in [2.75, 3.05) is 20.6 Å². The Labute approximate surface area is 172 Å². The average molecular weight is 404 g/mol. The SMILES string of the molecule is CN(C)CC1CCCCC(=Cc2ccccc2)C1(O)c1cc(Cl)cc(Cl)c1. The number of benzene rings is 2. The number of rotatable bonds is 4. The van der Waals surface area contributed by atoms with Crippen LogP contribution in [-0.4, -0.2) is 30.6 Å². The Morgan fingerprint density at radius 2 is 1.74 bits per heavy atom. The minimum atomic E-state index is -1.09. The Balaban J connectivity index is 2.17. The van der Waals surface area contributed by atoms with E-state index < -0.39 is 5.60 Å². The van der Waals surface area contributed by atoms with Crippen molar-refractivity contribution in [3.8, 4) is 0 Å². The van der Waals surface area contributed by atoms with Crippen molar-refractivity contribution in [2.24, 2.45) is 5.92 Å². The van der Waals surface area contributed by atoms with E-state index in [1.807, 2.05) is 30.3 Å². The second kappa shape index (κ2) is 8.79. The molecule has 1 saturated carbocycles. The van der Waals surface area contributed by atoms with Gasteiger partial charge in [-0.15, -0.1) is 0 Å². The minimum absolute atomic E-state index is 0.0690. The van der Waals surface area contributed by atoms with Crippen LogP contribution in [0.15, 0.2) is 54.1 Å². The predicted octanol–water partition coefficient (Wildman–Crippen LogP) is 6.02. The maximum absolute atomic E-state index is 12.2. The second-order valence-electron chi connectivity index (χ2n) is 7.71. The Morgan fingerprint density at radius 1 is 1.07 bits per heavy atom. The van der Waals surface area contributed by atoms with E-state index >= 15 is 0 Å². The molecule has 0 radical (unpaired) electrons. The molecule has 0 saturated heterocycles. The van der Waals surface area contributed by atoms with Crippen molar-refractivity contribution in [1.29, 1.82) is 0 Å². The fourth-order valence-electron chi connectivity index (χ4n) is 4.16. The van der Waals surface area contributed by atoms with Gasteiger partial charge in [-0.2, -0.15) is 0 Å². The molecule has 0 amide bonds. The summed E-state index contributed by atoms with van der Waals surface area (Å²) in [6, 6.07) is 15.6. The van der Waals surface area contributed by atoms with Crippen LogP contribution in [0, 0.1) is 5.92 Å². The van der Waals surface area contributed by atoms with E-state index in [9.17, 15) is 5.11 Å². The van der Waals surface area contributed by atoms with Crippen molar-refractivity contribution < 1.29 is 5.11 Å². The van der Waals surface area contributed by atoms with Gasteiger partial charge in [0.2, 0.25) is 0 Å². The highest BCUT2D eigenvalue weighted by atomic mass is 35.5. The van der Waals surface area contributed by atoms with E-state index in [1.54, 1.807) is 6.07 Å². The summed E-state index contributed by atoms with van der Waals surface area (Å²) >= 11 is 12.6. The highest BCUT2D eigenvalue weighted by molar-refractivity contribution is 6.34. The summed E-state index contributed by atoms with van der Waals surface area (Å²) in [6.07, 6.45) is 6.13. The van der Waals surface area contributed by atoms with Gasteiger partial charge in [-0.3, -0.25) is 0 Å². The molecule has 2 unspecified atom stereocenters. The molecular weight excluding hydrogens is 377 g/mol. The molecule has 2 aromatic rings. The fraction of sp³-hybridized carbons (Fsp3) is 0.391. The number of hydrogen-bond acceptors (Lipinski definition) is 2. The van der Waals surface area contributed by atoms with Crippen molar-refractivity contribution >= 4 is 29.3 Å². The Bertz CT molecular complexity index is 783. The molecule has 144 valence electrons. The van der Waals surface area contributed by atoms with Crippen molar-refractivity contribution in [3.63, 3.8) is 0 Å². The maximum Gasteiger partial charge on any atom is 0.115 e. The van der Waals surface area contributed by atoms with Crippen LogP contribution in [0.5, 0.6) is 0 Å². The van der Waals surface area contributed by atoms with Crippen LogP contribution >= 0.6 is 23.2 Å². The summed E-state index contributed by atoms with van der Waals surface area (Å²) in [6.45, 7) is 0.798. The van der Waals surface area contributed by atoms with Crippen LogP contribution in [0.3, 0.4) is 0 Å².